The van der Waals surface area contributed by atoms with Crippen LogP contribution in [0, 0.1) is 0 Å². The summed E-state index contributed by atoms with van der Waals surface area (Å²) in [5, 5.41) is 0. The third-order valence-corrected chi connectivity index (χ3v) is 14.1. The van der Waals surface area contributed by atoms with Crippen molar-refractivity contribution in [3.8, 4) is 0 Å². The first kappa shape index (κ1) is 70.5. The maximum absolute atomic E-state index is 12.7. The van der Waals surface area contributed by atoms with E-state index in [9.17, 15) is 19.0 Å². The SMILES string of the molecule is CC/C=C\C/C=C\C/C=C\CCCCCCCC(=O)OCC(COP(=O)(O)OCCN)OC(=O)CCCCCCCCCCCCCCCCCCCCCCCC/C=C\C/C=C\C/C=C\CCCCCCC. The van der Waals surface area contributed by atoms with Crippen LogP contribution in [0.4, 0.5) is 0 Å². The third kappa shape index (κ3) is 58.6. The monoisotopic (exact) mass is 1040 g/mol. The molecule has 0 aromatic heterocycles. The van der Waals surface area contributed by atoms with E-state index < -0.39 is 32.5 Å². The van der Waals surface area contributed by atoms with Crippen molar-refractivity contribution in [2.24, 2.45) is 5.73 Å². The lowest BCUT2D eigenvalue weighted by molar-refractivity contribution is -0.161. The van der Waals surface area contributed by atoms with Gasteiger partial charge in [-0.05, 0) is 83.5 Å². The van der Waals surface area contributed by atoms with Gasteiger partial charge in [0.2, 0.25) is 0 Å². The van der Waals surface area contributed by atoms with E-state index in [0.29, 0.717) is 12.8 Å². The Balaban J connectivity index is 3.82. The molecule has 0 saturated heterocycles. The van der Waals surface area contributed by atoms with Crippen LogP contribution >= 0.6 is 7.82 Å². The number of carbonyl (C=O) groups excluding carboxylic acids is 2. The second-order valence-corrected chi connectivity index (χ2v) is 21.6. The first-order chi connectivity index (χ1) is 35.8. The first-order valence-electron chi connectivity index (χ1n) is 30.4. The van der Waals surface area contributed by atoms with E-state index in [4.69, 9.17) is 24.3 Å². The van der Waals surface area contributed by atoms with Gasteiger partial charge < -0.3 is 20.1 Å². The van der Waals surface area contributed by atoms with Crippen molar-refractivity contribution in [1.29, 1.82) is 0 Å². The standard InChI is InChI=1S/C63H114NO8P/c1-3-5-7-9-11-13-15-17-19-20-21-22-23-24-25-26-27-28-29-30-31-32-33-34-35-36-37-38-39-40-42-44-46-48-50-52-54-56-63(66)72-61(60-71-73(67,68)70-58-57-64)59-69-62(65)55-53-51-49-47-45-43-41-18-16-14-12-10-8-6-4-2/h6,8,12,14-15,17-18,20-21,23-24,41,61H,3-5,7,9-11,13,16,19,22,25-40,42-60,64H2,1-2H3,(H,67,68)/b8-6-,14-12-,17-15-,21-20-,24-23-,41-18-. The van der Waals surface area contributed by atoms with Crippen LogP contribution in [-0.4, -0.2) is 49.3 Å². The van der Waals surface area contributed by atoms with Crippen LogP contribution in [0.2, 0.25) is 0 Å². The topological polar surface area (TPSA) is 134 Å². The van der Waals surface area contributed by atoms with Gasteiger partial charge in [0.05, 0.1) is 13.2 Å². The van der Waals surface area contributed by atoms with Gasteiger partial charge in [-0.15, -0.1) is 0 Å². The highest BCUT2D eigenvalue weighted by Gasteiger charge is 2.26. The predicted molar refractivity (Wildman–Crippen MR) is 312 cm³/mol. The Morgan fingerprint density at radius 1 is 0.425 bits per heavy atom. The van der Waals surface area contributed by atoms with E-state index in [-0.39, 0.29) is 32.6 Å². The zero-order chi connectivity index (χ0) is 53.1. The molecule has 3 N–H and O–H groups in total. The first-order valence-corrected chi connectivity index (χ1v) is 31.9. The molecule has 0 aliphatic carbocycles. The van der Waals surface area contributed by atoms with Crippen LogP contribution < -0.4 is 5.73 Å². The Morgan fingerprint density at radius 3 is 1.12 bits per heavy atom. The molecule has 0 aromatic rings. The molecule has 0 fully saturated rings. The predicted octanol–water partition coefficient (Wildman–Crippen LogP) is 19.3. The van der Waals surface area contributed by atoms with Crippen LogP contribution in [0.15, 0.2) is 72.9 Å². The van der Waals surface area contributed by atoms with Gasteiger partial charge in [-0.25, -0.2) is 4.57 Å². The number of unbranched alkanes of at least 4 members (excludes halogenated alkanes) is 32. The maximum Gasteiger partial charge on any atom is 0.472 e. The minimum Gasteiger partial charge on any atom is -0.462 e. The molecule has 0 amide bonds. The van der Waals surface area contributed by atoms with Crippen LogP contribution in [0.3, 0.4) is 0 Å². The molecule has 0 radical (unpaired) electrons. The number of allylic oxidation sites excluding steroid dienone is 12. The average Bonchev–Trinajstić information content (AvgIpc) is 3.38. The van der Waals surface area contributed by atoms with E-state index in [1.54, 1.807) is 0 Å². The van der Waals surface area contributed by atoms with Crippen molar-refractivity contribution in [2.75, 3.05) is 26.4 Å². The third-order valence-electron chi connectivity index (χ3n) is 13.1. The van der Waals surface area contributed by atoms with Crippen LogP contribution in [0.25, 0.3) is 0 Å². The molecule has 0 aliphatic rings. The smallest absolute Gasteiger partial charge is 0.462 e. The van der Waals surface area contributed by atoms with Gasteiger partial charge in [0.1, 0.15) is 6.61 Å². The second kappa shape index (κ2) is 58.7. The van der Waals surface area contributed by atoms with Crippen molar-refractivity contribution in [2.45, 2.75) is 290 Å². The summed E-state index contributed by atoms with van der Waals surface area (Å²) in [6.07, 6.45) is 75.6. The summed E-state index contributed by atoms with van der Waals surface area (Å²) in [5.41, 5.74) is 5.38. The van der Waals surface area contributed by atoms with E-state index in [1.807, 2.05) is 0 Å². The van der Waals surface area contributed by atoms with Crippen molar-refractivity contribution in [3.63, 3.8) is 0 Å². The van der Waals surface area contributed by atoms with Crippen LogP contribution in [0.5, 0.6) is 0 Å². The van der Waals surface area contributed by atoms with Gasteiger partial charge in [-0.2, -0.15) is 0 Å². The highest BCUT2D eigenvalue weighted by Crippen LogP contribution is 2.43. The summed E-state index contributed by atoms with van der Waals surface area (Å²) >= 11 is 0. The molecule has 2 atom stereocenters. The summed E-state index contributed by atoms with van der Waals surface area (Å²) in [6, 6.07) is 0. The Bertz CT molecular complexity index is 1420. The molecule has 0 heterocycles. The van der Waals surface area contributed by atoms with Crippen molar-refractivity contribution < 1.29 is 37.6 Å². The lowest BCUT2D eigenvalue weighted by atomic mass is 10.0. The Morgan fingerprint density at radius 2 is 0.753 bits per heavy atom. The number of phosphoric acid groups is 1. The van der Waals surface area contributed by atoms with Gasteiger partial charge in [0, 0.05) is 19.4 Å². The highest BCUT2D eigenvalue weighted by molar-refractivity contribution is 7.47. The minimum atomic E-state index is -4.39. The van der Waals surface area contributed by atoms with Crippen molar-refractivity contribution in [3.05, 3.63) is 72.9 Å². The number of ether oxygens (including phenoxy) is 2. The summed E-state index contributed by atoms with van der Waals surface area (Å²) in [5.74, 6) is -0.841. The van der Waals surface area contributed by atoms with Gasteiger partial charge in [0.15, 0.2) is 6.10 Å². The fourth-order valence-corrected chi connectivity index (χ4v) is 9.37. The average molecular weight is 1040 g/mol. The number of hydrogen-bond donors (Lipinski definition) is 2. The molecule has 73 heavy (non-hydrogen) atoms. The number of nitrogens with two attached hydrogens (primary N) is 1. The Hall–Kier alpha value is -2.55. The molecule has 0 bridgehead atoms. The summed E-state index contributed by atoms with van der Waals surface area (Å²) < 4.78 is 33.0. The van der Waals surface area contributed by atoms with E-state index >= 15 is 0 Å². The van der Waals surface area contributed by atoms with Crippen LogP contribution in [0.1, 0.15) is 284 Å². The Kier molecular flexibility index (Phi) is 56.7. The van der Waals surface area contributed by atoms with E-state index in [1.165, 1.54) is 161 Å². The summed E-state index contributed by atoms with van der Waals surface area (Å²) in [7, 11) is -4.39. The summed E-state index contributed by atoms with van der Waals surface area (Å²) in [6.45, 7) is 3.62. The molecule has 0 spiro atoms. The van der Waals surface area contributed by atoms with Gasteiger partial charge in [-0.3, -0.25) is 18.6 Å². The normalized spacial score (nSPS) is 13.5. The number of hydrogen-bond acceptors (Lipinski definition) is 8. The van der Waals surface area contributed by atoms with E-state index in [0.717, 1.165) is 83.5 Å². The molecule has 0 rings (SSSR count). The zero-order valence-electron chi connectivity index (χ0n) is 47.4. The number of phosphoric ester groups is 1. The molecule has 9 nitrogen and oxygen atoms in total. The zero-order valence-corrected chi connectivity index (χ0v) is 48.3. The van der Waals surface area contributed by atoms with Crippen molar-refractivity contribution in [1.82, 2.24) is 0 Å². The lowest BCUT2D eigenvalue weighted by Crippen LogP contribution is -2.29. The largest absolute Gasteiger partial charge is 0.472 e. The molecule has 0 saturated carbocycles. The maximum atomic E-state index is 12.7. The van der Waals surface area contributed by atoms with E-state index in [2.05, 4.69) is 86.8 Å². The quantitative estimate of drug-likeness (QED) is 0.0264. The fraction of sp³-hybridized carbons (Fsp3) is 0.778. The fourth-order valence-electron chi connectivity index (χ4n) is 8.60. The van der Waals surface area contributed by atoms with Crippen LogP contribution in [-0.2, 0) is 32.7 Å². The molecular weight excluding hydrogens is 930 g/mol. The second-order valence-electron chi connectivity index (χ2n) is 20.2. The van der Waals surface area contributed by atoms with Gasteiger partial charge >= 0.3 is 19.8 Å². The molecule has 0 aliphatic heterocycles. The molecule has 2 unspecified atom stereocenters. The Labute approximate surface area is 450 Å². The molecule has 10 heteroatoms. The van der Waals surface area contributed by atoms with Crippen molar-refractivity contribution >= 4 is 19.8 Å². The minimum absolute atomic E-state index is 0.0496. The van der Waals surface area contributed by atoms with Gasteiger partial charge in [0.25, 0.3) is 0 Å². The number of carbonyl (C=O) groups is 2. The molecule has 0 aromatic carbocycles. The molecule has 424 valence electrons. The summed E-state index contributed by atoms with van der Waals surface area (Å²) in [4.78, 5) is 35.1. The lowest BCUT2D eigenvalue weighted by Gasteiger charge is -2.19. The number of esters is 2. The van der Waals surface area contributed by atoms with Gasteiger partial charge in [-0.1, -0.05) is 260 Å². The number of rotatable bonds is 57. The molecular formula is C63H114NO8P. The highest BCUT2D eigenvalue weighted by atomic mass is 31.2.